The first-order chi connectivity index (χ1) is 12.4. The van der Waals surface area contributed by atoms with Gasteiger partial charge >= 0.3 is 0 Å². The zero-order chi connectivity index (χ0) is 18.7. The lowest BCUT2D eigenvalue weighted by Crippen LogP contribution is -2.37. The lowest BCUT2D eigenvalue weighted by Gasteiger charge is -2.31. The predicted octanol–water partition coefficient (Wildman–Crippen LogP) is 6.15. The number of carbonyl (C=O) groups excluding carboxylic acids is 1. The van der Waals surface area contributed by atoms with E-state index in [4.69, 9.17) is 46.4 Å². The summed E-state index contributed by atoms with van der Waals surface area (Å²) in [5.41, 5.74) is 1.79. The highest BCUT2D eigenvalue weighted by molar-refractivity contribution is 6.42. The van der Waals surface area contributed by atoms with E-state index in [0.29, 0.717) is 25.8 Å². The van der Waals surface area contributed by atoms with Crippen molar-refractivity contribution in [1.82, 2.24) is 4.90 Å². The number of carbonyl (C=O) groups is 1. The number of rotatable bonds is 4. The molecule has 3 rings (SSSR count). The molecule has 0 saturated carbocycles. The fourth-order valence-corrected chi connectivity index (χ4v) is 3.69. The first-order valence-electron chi connectivity index (χ1n) is 8.34. The summed E-state index contributed by atoms with van der Waals surface area (Å²) >= 11 is 23.9. The fraction of sp³-hybridized carbons (Fsp3) is 0.316. The molecule has 1 heterocycles. The van der Waals surface area contributed by atoms with Crippen molar-refractivity contribution < 1.29 is 4.79 Å². The molecular formula is C19H18Cl4N2O. The average Bonchev–Trinajstić information content (AvgIpc) is 2.62. The summed E-state index contributed by atoms with van der Waals surface area (Å²) in [4.78, 5) is 14.8. The third-order valence-electron chi connectivity index (χ3n) is 4.54. The van der Waals surface area contributed by atoms with Crippen molar-refractivity contribution in [2.24, 2.45) is 5.92 Å². The van der Waals surface area contributed by atoms with E-state index in [2.05, 4.69) is 10.2 Å². The number of halogens is 4. The monoisotopic (exact) mass is 430 g/mol. The molecule has 26 heavy (non-hydrogen) atoms. The quantitative estimate of drug-likeness (QED) is 0.629. The maximum Gasteiger partial charge on any atom is 0.227 e. The van der Waals surface area contributed by atoms with Gasteiger partial charge in [-0.2, -0.15) is 0 Å². The number of likely N-dealkylation sites (tertiary alicyclic amines) is 1. The Bertz CT molecular complexity index is 804. The average molecular weight is 432 g/mol. The Morgan fingerprint density at radius 3 is 2.15 bits per heavy atom. The molecule has 0 radical (unpaired) electrons. The molecular weight excluding hydrogens is 414 g/mol. The van der Waals surface area contributed by atoms with Gasteiger partial charge in [-0.25, -0.2) is 0 Å². The molecule has 1 saturated heterocycles. The lowest BCUT2D eigenvalue weighted by molar-refractivity contribution is -0.121. The summed E-state index contributed by atoms with van der Waals surface area (Å²) < 4.78 is 0. The Morgan fingerprint density at radius 2 is 1.54 bits per heavy atom. The molecule has 0 aromatic heterocycles. The van der Waals surface area contributed by atoms with E-state index in [0.717, 1.165) is 38.0 Å². The number of piperidine rings is 1. The van der Waals surface area contributed by atoms with Crippen LogP contribution in [0.25, 0.3) is 0 Å². The summed E-state index contributed by atoms with van der Waals surface area (Å²) in [5.74, 6) is 0.0204. The van der Waals surface area contributed by atoms with Gasteiger partial charge < -0.3 is 5.32 Å². The second-order valence-corrected chi connectivity index (χ2v) is 8.05. The van der Waals surface area contributed by atoms with Crippen molar-refractivity contribution in [2.75, 3.05) is 18.4 Å². The highest BCUT2D eigenvalue weighted by Gasteiger charge is 2.25. The van der Waals surface area contributed by atoms with Crippen LogP contribution in [0.2, 0.25) is 20.1 Å². The number of anilines is 1. The summed E-state index contributed by atoms with van der Waals surface area (Å²) in [7, 11) is 0. The topological polar surface area (TPSA) is 32.3 Å². The zero-order valence-electron chi connectivity index (χ0n) is 13.9. The molecule has 0 bridgehead atoms. The van der Waals surface area contributed by atoms with Crippen LogP contribution in [0.5, 0.6) is 0 Å². The van der Waals surface area contributed by atoms with Gasteiger partial charge in [0, 0.05) is 18.2 Å². The first kappa shape index (κ1) is 19.8. The van der Waals surface area contributed by atoms with Crippen LogP contribution in [0.4, 0.5) is 5.69 Å². The zero-order valence-corrected chi connectivity index (χ0v) is 17.0. The first-order valence-corrected chi connectivity index (χ1v) is 9.86. The standard InChI is InChI=1S/C19H18Cl4N2O/c20-15-3-1-12(9-17(15)22)11-25-7-5-13(6-8-25)19(26)24-14-2-4-16(21)18(23)10-14/h1-4,9-10,13H,5-8,11H2,(H,24,26). The van der Waals surface area contributed by atoms with Crippen molar-refractivity contribution >= 4 is 58.0 Å². The van der Waals surface area contributed by atoms with Gasteiger partial charge in [-0.3, -0.25) is 9.69 Å². The van der Waals surface area contributed by atoms with Gasteiger partial charge in [0.25, 0.3) is 0 Å². The number of nitrogens with one attached hydrogen (secondary N) is 1. The third-order valence-corrected chi connectivity index (χ3v) is 6.01. The minimum atomic E-state index is -0.00508. The molecule has 2 aromatic rings. The Morgan fingerprint density at radius 1 is 0.923 bits per heavy atom. The number of benzene rings is 2. The summed E-state index contributed by atoms with van der Waals surface area (Å²) in [6, 6.07) is 10.8. The molecule has 1 N–H and O–H groups in total. The molecule has 2 aromatic carbocycles. The van der Waals surface area contributed by atoms with Crippen LogP contribution in [-0.4, -0.2) is 23.9 Å². The fourth-order valence-electron chi connectivity index (χ4n) is 3.07. The molecule has 0 aliphatic carbocycles. The van der Waals surface area contributed by atoms with E-state index >= 15 is 0 Å². The van der Waals surface area contributed by atoms with Gasteiger partial charge in [0.05, 0.1) is 20.1 Å². The van der Waals surface area contributed by atoms with Gasteiger partial charge in [-0.15, -0.1) is 0 Å². The highest BCUT2D eigenvalue weighted by atomic mass is 35.5. The highest BCUT2D eigenvalue weighted by Crippen LogP contribution is 2.27. The molecule has 0 unspecified atom stereocenters. The molecule has 7 heteroatoms. The van der Waals surface area contributed by atoms with Gasteiger partial charge in [0.1, 0.15) is 0 Å². The molecule has 1 aliphatic heterocycles. The number of amides is 1. The van der Waals surface area contributed by atoms with E-state index in [1.807, 2.05) is 18.2 Å². The molecule has 0 spiro atoms. The third kappa shape index (κ3) is 5.05. The van der Waals surface area contributed by atoms with Crippen LogP contribution in [0.1, 0.15) is 18.4 Å². The van der Waals surface area contributed by atoms with E-state index in [1.54, 1.807) is 18.2 Å². The maximum absolute atomic E-state index is 12.5. The van der Waals surface area contributed by atoms with Crippen LogP contribution in [0.15, 0.2) is 36.4 Å². The number of hydrogen-bond donors (Lipinski definition) is 1. The van der Waals surface area contributed by atoms with Crippen LogP contribution >= 0.6 is 46.4 Å². The Balaban J connectivity index is 1.51. The van der Waals surface area contributed by atoms with Crippen LogP contribution in [0.3, 0.4) is 0 Å². The smallest absolute Gasteiger partial charge is 0.227 e. The Hall–Kier alpha value is -0.970. The molecule has 3 nitrogen and oxygen atoms in total. The van der Waals surface area contributed by atoms with E-state index in [-0.39, 0.29) is 11.8 Å². The maximum atomic E-state index is 12.5. The van der Waals surface area contributed by atoms with E-state index in [1.165, 1.54) is 0 Å². The molecule has 1 fully saturated rings. The molecule has 138 valence electrons. The number of nitrogens with zero attached hydrogens (tertiary/aromatic N) is 1. The van der Waals surface area contributed by atoms with Crippen molar-refractivity contribution in [3.05, 3.63) is 62.1 Å². The second-order valence-electron chi connectivity index (χ2n) is 6.42. The summed E-state index contributed by atoms with van der Waals surface area (Å²) in [6.07, 6.45) is 1.63. The van der Waals surface area contributed by atoms with Crippen LogP contribution in [0, 0.1) is 5.92 Å². The summed E-state index contributed by atoms with van der Waals surface area (Å²) in [5, 5.41) is 4.96. The SMILES string of the molecule is O=C(Nc1ccc(Cl)c(Cl)c1)C1CCN(Cc2ccc(Cl)c(Cl)c2)CC1. The van der Waals surface area contributed by atoms with Crippen molar-refractivity contribution in [3.8, 4) is 0 Å². The second kappa shape index (κ2) is 8.81. The van der Waals surface area contributed by atoms with Crippen LogP contribution in [-0.2, 0) is 11.3 Å². The lowest BCUT2D eigenvalue weighted by atomic mass is 9.95. The normalized spacial score (nSPS) is 15.8. The van der Waals surface area contributed by atoms with Crippen molar-refractivity contribution in [1.29, 1.82) is 0 Å². The van der Waals surface area contributed by atoms with Crippen molar-refractivity contribution in [2.45, 2.75) is 19.4 Å². The summed E-state index contributed by atoms with van der Waals surface area (Å²) in [6.45, 7) is 2.53. The minimum absolute atomic E-state index is 0.00508. The van der Waals surface area contributed by atoms with Crippen LogP contribution < -0.4 is 5.32 Å². The van der Waals surface area contributed by atoms with Gasteiger partial charge in [0.15, 0.2) is 0 Å². The predicted molar refractivity (Wildman–Crippen MR) is 110 cm³/mol. The van der Waals surface area contributed by atoms with Gasteiger partial charge in [0.2, 0.25) is 5.91 Å². The largest absolute Gasteiger partial charge is 0.326 e. The molecule has 1 aliphatic rings. The molecule has 0 atom stereocenters. The minimum Gasteiger partial charge on any atom is -0.326 e. The Labute approximate surface area is 173 Å². The van der Waals surface area contributed by atoms with E-state index in [9.17, 15) is 4.79 Å². The molecule has 1 amide bonds. The van der Waals surface area contributed by atoms with Gasteiger partial charge in [-0.1, -0.05) is 52.5 Å². The van der Waals surface area contributed by atoms with E-state index < -0.39 is 0 Å². The van der Waals surface area contributed by atoms with Gasteiger partial charge in [-0.05, 0) is 61.8 Å². The number of hydrogen-bond acceptors (Lipinski definition) is 2. The van der Waals surface area contributed by atoms with Crippen molar-refractivity contribution in [3.63, 3.8) is 0 Å². The Kier molecular flexibility index (Phi) is 6.70.